The van der Waals surface area contributed by atoms with Gasteiger partial charge in [-0.2, -0.15) is 21.0 Å². The minimum absolute atomic E-state index is 0.0534. The van der Waals surface area contributed by atoms with E-state index < -0.39 is 0 Å². The molecule has 0 saturated carbocycles. The van der Waals surface area contributed by atoms with Gasteiger partial charge in [0.05, 0.1) is 30.2 Å². The smallest absolute Gasteiger partial charge is 0.0909 e. The molecule has 0 amide bonds. The summed E-state index contributed by atoms with van der Waals surface area (Å²) in [6, 6.07) is 7.99. The fraction of sp³-hybridized carbons (Fsp3) is 0.500. The lowest BCUT2D eigenvalue weighted by atomic mass is 9.89. The van der Waals surface area contributed by atoms with Crippen molar-refractivity contribution in [2.75, 3.05) is 0 Å². The lowest BCUT2D eigenvalue weighted by molar-refractivity contribution is 0.438. The van der Waals surface area contributed by atoms with Crippen LogP contribution in [0, 0.1) is 57.2 Å². The Balaban J connectivity index is 4.32. The van der Waals surface area contributed by atoms with Crippen molar-refractivity contribution in [1.82, 2.24) is 0 Å². The van der Waals surface area contributed by atoms with Gasteiger partial charge in [-0.05, 0) is 18.8 Å². The topological polar surface area (TPSA) is 95.2 Å². The third-order valence-electron chi connectivity index (χ3n) is 2.20. The molecule has 16 heavy (non-hydrogen) atoms. The van der Waals surface area contributed by atoms with Gasteiger partial charge in [-0.3, -0.25) is 0 Å². The molecule has 2 atom stereocenters. The predicted octanol–water partition coefficient (Wildman–Crippen LogP) is 2.43. The third-order valence-corrected chi connectivity index (χ3v) is 2.20. The van der Waals surface area contributed by atoms with Crippen LogP contribution in [0.2, 0.25) is 0 Å². The average molecular weight is 212 g/mol. The largest absolute Gasteiger partial charge is 0.198 e. The van der Waals surface area contributed by atoms with E-state index in [2.05, 4.69) is 12.1 Å². The number of nitrogens with zero attached hydrogens (tertiary/aromatic N) is 4. The first-order valence-electron chi connectivity index (χ1n) is 4.98. The minimum Gasteiger partial charge on any atom is -0.198 e. The van der Waals surface area contributed by atoms with Crippen LogP contribution in [0.3, 0.4) is 0 Å². The van der Waals surface area contributed by atoms with Crippen LogP contribution in [0.15, 0.2) is 12.2 Å². The Hall–Kier alpha value is -2.30. The molecule has 0 spiro atoms. The van der Waals surface area contributed by atoms with Crippen molar-refractivity contribution in [2.45, 2.75) is 25.7 Å². The lowest BCUT2D eigenvalue weighted by Gasteiger charge is -2.12. The molecule has 0 aliphatic carbocycles. The van der Waals surface area contributed by atoms with Crippen LogP contribution in [0.5, 0.6) is 0 Å². The quantitative estimate of drug-likeness (QED) is 0.631. The molecule has 0 fully saturated rings. The normalized spacial score (nSPS) is 13.0. The zero-order chi connectivity index (χ0) is 12.2. The Morgan fingerprint density at radius 3 is 2.31 bits per heavy atom. The molecule has 0 saturated heterocycles. The number of rotatable bonds is 6. The molecule has 0 radical (unpaired) electrons. The number of allylic oxidation sites excluding steroid dienone is 2. The van der Waals surface area contributed by atoms with Crippen molar-refractivity contribution >= 4 is 0 Å². The fourth-order valence-corrected chi connectivity index (χ4v) is 1.39. The molecule has 0 aromatic rings. The van der Waals surface area contributed by atoms with Gasteiger partial charge in [-0.25, -0.2) is 0 Å². The Bertz CT molecular complexity index is 383. The lowest BCUT2D eigenvalue weighted by Crippen LogP contribution is -2.05. The summed E-state index contributed by atoms with van der Waals surface area (Å²) < 4.78 is 0. The third kappa shape index (κ3) is 6.20. The van der Waals surface area contributed by atoms with Gasteiger partial charge in [-0.1, -0.05) is 6.08 Å². The molecule has 0 aliphatic rings. The van der Waals surface area contributed by atoms with Gasteiger partial charge < -0.3 is 0 Å². The molecule has 4 heteroatoms. The summed E-state index contributed by atoms with van der Waals surface area (Å²) in [7, 11) is 0. The van der Waals surface area contributed by atoms with Crippen LogP contribution in [0.4, 0.5) is 0 Å². The van der Waals surface area contributed by atoms with Gasteiger partial charge in [0.2, 0.25) is 0 Å². The summed E-state index contributed by atoms with van der Waals surface area (Å²) in [5.74, 6) is -0.297. The van der Waals surface area contributed by atoms with Crippen LogP contribution in [-0.4, -0.2) is 0 Å². The Morgan fingerprint density at radius 2 is 1.81 bits per heavy atom. The highest BCUT2D eigenvalue weighted by Gasteiger charge is 2.13. The maximum atomic E-state index is 8.84. The summed E-state index contributed by atoms with van der Waals surface area (Å²) in [4.78, 5) is 0. The molecule has 0 bridgehead atoms. The number of nitriles is 4. The first-order chi connectivity index (χ1) is 7.78. The summed E-state index contributed by atoms with van der Waals surface area (Å²) in [5, 5.41) is 34.3. The van der Waals surface area contributed by atoms with Crippen molar-refractivity contribution in [3.8, 4) is 24.3 Å². The van der Waals surface area contributed by atoms with Crippen molar-refractivity contribution in [1.29, 1.82) is 21.0 Å². The van der Waals surface area contributed by atoms with Crippen LogP contribution >= 0.6 is 0 Å². The van der Waals surface area contributed by atoms with E-state index in [9.17, 15) is 0 Å². The number of hydrogen-bond acceptors (Lipinski definition) is 4. The molecular weight excluding hydrogens is 200 g/mol. The van der Waals surface area contributed by atoms with Gasteiger partial charge in [0.15, 0.2) is 0 Å². The molecule has 0 N–H and O–H groups in total. The second-order valence-electron chi connectivity index (χ2n) is 3.38. The molecule has 0 aromatic carbocycles. The number of hydrogen-bond donors (Lipinski definition) is 0. The summed E-state index contributed by atoms with van der Waals surface area (Å²) in [5.41, 5.74) is 0. The summed E-state index contributed by atoms with van der Waals surface area (Å²) >= 11 is 0. The zero-order valence-corrected chi connectivity index (χ0v) is 8.93. The molecule has 80 valence electrons. The molecular formula is C12H12N4. The Labute approximate surface area is 95.6 Å². The molecule has 4 nitrogen and oxygen atoms in total. The van der Waals surface area contributed by atoms with Gasteiger partial charge >= 0.3 is 0 Å². The monoisotopic (exact) mass is 212 g/mol. The maximum Gasteiger partial charge on any atom is 0.0909 e. The highest BCUT2D eigenvalue weighted by molar-refractivity contribution is 5.09. The predicted molar refractivity (Wildman–Crippen MR) is 57.0 cm³/mol. The van der Waals surface area contributed by atoms with E-state index >= 15 is 0 Å². The van der Waals surface area contributed by atoms with E-state index in [1.54, 1.807) is 0 Å². The molecule has 0 heterocycles. The van der Waals surface area contributed by atoms with Crippen molar-refractivity contribution in [2.24, 2.45) is 11.8 Å². The van der Waals surface area contributed by atoms with E-state index in [0.717, 1.165) is 0 Å². The SMILES string of the molecule is N#CC=CC(C#N)CC(CC#N)CCC#N. The second-order valence-corrected chi connectivity index (χ2v) is 3.38. The fourth-order valence-electron chi connectivity index (χ4n) is 1.39. The molecule has 0 aromatic heterocycles. The van der Waals surface area contributed by atoms with Gasteiger partial charge in [0.1, 0.15) is 0 Å². The van der Waals surface area contributed by atoms with Gasteiger partial charge in [-0.15, -0.1) is 0 Å². The van der Waals surface area contributed by atoms with Gasteiger partial charge in [0.25, 0.3) is 0 Å². The molecule has 0 rings (SSSR count). The summed E-state index contributed by atoms with van der Waals surface area (Å²) in [6.45, 7) is 0. The van der Waals surface area contributed by atoms with E-state index in [1.807, 2.05) is 12.1 Å². The Morgan fingerprint density at radius 1 is 1.06 bits per heavy atom. The Kier molecular flexibility index (Phi) is 7.93. The average Bonchev–Trinajstić information content (AvgIpc) is 2.31. The maximum absolute atomic E-state index is 8.84. The van der Waals surface area contributed by atoms with Crippen LogP contribution in [0.25, 0.3) is 0 Å². The minimum atomic E-state index is -0.350. The summed E-state index contributed by atoms with van der Waals surface area (Å²) in [6.07, 6.45) is 4.72. The molecule has 0 aliphatic heterocycles. The van der Waals surface area contributed by atoms with Crippen molar-refractivity contribution in [3.05, 3.63) is 12.2 Å². The highest BCUT2D eigenvalue weighted by Crippen LogP contribution is 2.21. The van der Waals surface area contributed by atoms with Gasteiger partial charge in [0, 0.05) is 18.9 Å². The highest BCUT2D eigenvalue weighted by atomic mass is 14.3. The van der Waals surface area contributed by atoms with E-state index in [-0.39, 0.29) is 11.8 Å². The van der Waals surface area contributed by atoms with Crippen molar-refractivity contribution < 1.29 is 0 Å². The van der Waals surface area contributed by atoms with Crippen LogP contribution in [0.1, 0.15) is 25.7 Å². The second kappa shape index (κ2) is 9.26. The van der Waals surface area contributed by atoms with Crippen LogP contribution < -0.4 is 0 Å². The van der Waals surface area contributed by atoms with Crippen molar-refractivity contribution in [3.63, 3.8) is 0 Å². The zero-order valence-electron chi connectivity index (χ0n) is 8.93. The van der Waals surface area contributed by atoms with E-state index in [4.69, 9.17) is 21.0 Å². The standard InChI is InChI=1S/C12H12N4/c13-6-1-3-11(5-8-15)9-12(10-16)4-2-7-14/h2,4,11-12H,1,3,5,9H2. The first kappa shape index (κ1) is 13.7. The first-order valence-corrected chi connectivity index (χ1v) is 4.98. The van der Waals surface area contributed by atoms with Crippen LogP contribution in [-0.2, 0) is 0 Å². The van der Waals surface area contributed by atoms with E-state index in [0.29, 0.717) is 25.7 Å². The van der Waals surface area contributed by atoms with E-state index in [1.165, 1.54) is 12.2 Å². The molecule has 2 unspecified atom stereocenters.